The van der Waals surface area contributed by atoms with E-state index in [9.17, 15) is 4.79 Å². The van der Waals surface area contributed by atoms with Crippen molar-refractivity contribution in [2.45, 2.75) is 0 Å². The summed E-state index contributed by atoms with van der Waals surface area (Å²) < 4.78 is 7.30. The molecule has 0 aliphatic carbocycles. The smallest absolute Gasteiger partial charge is 0.356 e. The number of aromatic nitrogens is 3. The minimum Gasteiger partial charge on any atom is -0.464 e. The van der Waals surface area contributed by atoms with E-state index in [1.54, 1.807) is 29.2 Å². The maximum absolute atomic E-state index is 11.3. The first-order valence-corrected chi connectivity index (χ1v) is 5.53. The van der Waals surface area contributed by atoms with Crippen molar-refractivity contribution in [2.75, 3.05) is 7.11 Å². The second-order valence-corrected chi connectivity index (χ2v) is 4.24. The standard InChI is InChI=1S/C10H8IN3O2/c1-16-10(15)9-4-8(2-3-12-9)14-6-7(11)5-13-14/h2-6H,1H3. The van der Waals surface area contributed by atoms with Crippen molar-refractivity contribution in [3.05, 3.63) is 40.0 Å². The molecule has 0 amide bonds. The van der Waals surface area contributed by atoms with Gasteiger partial charge in [-0.2, -0.15) is 5.10 Å². The predicted octanol–water partition coefficient (Wildman–Crippen LogP) is 1.66. The molecule has 0 saturated heterocycles. The van der Waals surface area contributed by atoms with Gasteiger partial charge in [-0.05, 0) is 34.7 Å². The minimum absolute atomic E-state index is 0.269. The molecule has 0 aromatic carbocycles. The molecule has 2 aromatic heterocycles. The zero-order valence-corrected chi connectivity index (χ0v) is 10.6. The van der Waals surface area contributed by atoms with Crippen LogP contribution >= 0.6 is 22.6 Å². The molecule has 0 unspecified atom stereocenters. The normalized spacial score (nSPS) is 10.1. The molecule has 0 bridgehead atoms. The zero-order chi connectivity index (χ0) is 11.5. The van der Waals surface area contributed by atoms with Crippen molar-refractivity contribution in [3.8, 4) is 5.69 Å². The van der Waals surface area contributed by atoms with Crippen LogP contribution in [0, 0.1) is 3.57 Å². The van der Waals surface area contributed by atoms with Gasteiger partial charge in [0.2, 0.25) is 0 Å². The van der Waals surface area contributed by atoms with Gasteiger partial charge >= 0.3 is 5.97 Å². The monoisotopic (exact) mass is 329 g/mol. The topological polar surface area (TPSA) is 57.0 Å². The fraction of sp³-hybridized carbons (Fsp3) is 0.100. The summed E-state index contributed by atoms with van der Waals surface area (Å²) in [7, 11) is 1.33. The fourth-order valence-corrected chi connectivity index (χ4v) is 1.61. The molecule has 82 valence electrons. The summed E-state index contributed by atoms with van der Waals surface area (Å²) >= 11 is 2.17. The van der Waals surface area contributed by atoms with E-state index in [2.05, 4.69) is 37.4 Å². The van der Waals surface area contributed by atoms with Gasteiger partial charge in [-0.25, -0.2) is 14.5 Å². The van der Waals surface area contributed by atoms with Crippen LogP contribution in [-0.4, -0.2) is 27.8 Å². The van der Waals surface area contributed by atoms with Gasteiger partial charge in [0.05, 0.1) is 22.6 Å². The summed E-state index contributed by atoms with van der Waals surface area (Å²) in [6.45, 7) is 0. The van der Waals surface area contributed by atoms with Gasteiger partial charge < -0.3 is 4.74 Å². The third kappa shape index (κ3) is 2.21. The largest absolute Gasteiger partial charge is 0.464 e. The third-order valence-corrected chi connectivity index (χ3v) is 2.51. The van der Waals surface area contributed by atoms with E-state index >= 15 is 0 Å². The lowest BCUT2D eigenvalue weighted by Crippen LogP contribution is -2.05. The van der Waals surface area contributed by atoms with Crippen molar-refractivity contribution in [1.29, 1.82) is 0 Å². The Hall–Kier alpha value is -1.44. The van der Waals surface area contributed by atoms with Crippen LogP contribution in [0.4, 0.5) is 0 Å². The van der Waals surface area contributed by atoms with E-state index in [-0.39, 0.29) is 5.69 Å². The van der Waals surface area contributed by atoms with Crippen molar-refractivity contribution >= 4 is 28.6 Å². The molecular weight excluding hydrogens is 321 g/mol. The van der Waals surface area contributed by atoms with Gasteiger partial charge in [0.1, 0.15) is 5.69 Å². The first-order valence-electron chi connectivity index (χ1n) is 4.45. The maximum Gasteiger partial charge on any atom is 0.356 e. The first-order chi connectivity index (χ1) is 7.70. The minimum atomic E-state index is -0.455. The Morgan fingerprint density at radius 3 is 3.00 bits per heavy atom. The lowest BCUT2D eigenvalue weighted by Gasteiger charge is -2.02. The van der Waals surface area contributed by atoms with Crippen LogP contribution in [0.25, 0.3) is 5.69 Å². The van der Waals surface area contributed by atoms with Gasteiger partial charge in [0, 0.05) is 12.4 Å². The highest BCUT2D eigenvalue weighted by Crippen LogP contribution is 2.10. The number of pyridine rings is 1. The fourth-order valence-electron chi connectivity index (χ4n) is 1.22. The molecule has 0 atom stereocenters. The van der Waals surface area contributed by atoms with Crippen molar-refractivity contribution in [3.63, 3.8) is 0 Å². The van der Waals surface area contributed by atoms with Crippen LogP contribution in [0.15, 0.2) is 30.7 Å². The molecule has 0 radical (unpaired) electrons. The van der Waals surface area contributed by atoms with E-state index in [0.29, 0.717) is 0 Å². The van der Waals surface area contributed by atoms with Gasteiger partial charge in [-0.3, -0.25) is 0 Å². The van der Waals surface area contributed by atoms with E-state index < -0.39 is 5.97 Å². The van der Waals surface area contributed by atoms with Crippen LogP contribution < -0.4 is 0 Å². The molecule has 0 fully saturated rings. The summed E-state index contributed by atoms with van der Waals surface area (Å²) in [5.74, 6) is -0.455. The average molecular weight is 329 g/mol. The molecule has 16 heavy (non-hydrogen) atoms. The Labute approximate surface area is 106 Å². The number of ether oxygens (including phenoxy) is 1. The number of hydrogen-bond acceptors (Lipinski definition) is 4. The highest BCUT2D eigenvalue weighted by Gasteiger charge is 2.08. The molecule has 2 rings (SSSR count). The van der Waals surface area contributed by atoms with Crippen molar-refractivity contribution in [1.82, 2.24) is 14.8 Å². The van der Waals surface area contributed by atoms with Crippen molar-refractivity contribution in [2.24, 2.45) is 0 Å². The quantitative estimate of drug-likeness (QED) is 0.621. The summed E-state index contributed by atoms with van der Waals surface area (Å²) in [6.07, 6.45) is 5.14. The summed E-state index contributed by atoms with van der Waals surface area (Å²) in [5.41, 5.74) is 1.05. The Bertz CT molecular complexity index is 524. The van der Waals surface area contributed by atoms with Crippen LogP contribution in [0.3, 0.4) is 0 Å². The highest BCUT2D eigenvalue weighted by atomic mass is 127. The maximum atomic E-state index is 11.3. The Morgan fingerprint density at radius 1 is 1.56 bits per heavy atom. The van der Waals surface area contributed by atoms with Crippen LogP contribution in [0.1, 0.15) is 10.5 Å². The number of esters is 1. The third-order valence-electron chi connectivity index (χ3n) is 1.95. The van der Waals surface area contributed by atoms with Gasteiger partial charge in [0.25, 0.3) is 0 Å². The number of nitrogens with zero attached hydrogens (tertiary/aromatic N) is 3. The number of rotatable bonds is 2. The lowest BCUT2D eigenvalue weighted by atomic mass is 10.3. The number of halogens is 1. The number of methoxy groups -OCH3 is 1. The van der Waals surface area contributed by atoms with Crippen molar-refractivity contribution < 1.29 is 9.53 Å². The summed E-state index contributed by atoms with van der Waals surface area (Å²) in [5, 5.41) is 4.14. The molecule has 6 heteroatoms. The highest BCUT2D eigenvalue weighted by molar-refractivity contribution is 14.1. The first kappa shape index (κ1) is 11.1. The van der Waals surface area contributed by atoms with Crippen LogP contribution in [0.2, 0.25) is 0 Å². The van der Waals surface area contributed by atoms with Gasteiger partial charge in [-0.15, -0.1) is 0 Å². The van der Waals surface area contributed by atoms with Gasteiger partial charge in [0.15, 0.2) is 0 Å². The number of carbonyl (C=O) groups excluding carboxylic acids is 1. The molecule has 0 N–H and O–H groups in total. The van der Waals surface area contributed by atoms with E-state index in [0.717, 1.165) is 9.26 Å². The van der Waals surface area contributed by atoms with E-state index in [1.807, 2.05) is 6.20 Å². The molecule has 0 aliphatic heterocycles. The lowest BCUT2D eigenvalue weighted by molar-refractivity contribution is 0.0594. The SMILES string of the molecule is COC(=O)c1cc(-n2cc(I)cn2)ccn1. The van der Waals surface area contributed by atoms with Crippen LogP contribution in [0.5, 0.6) is 0 Å². The van der Waals surface area contributed by atoms with Gasteiger partial charge in [-0.1, -0.05) is 0 Å². The predicted molar refractivity (Wildman–Crippen MR) is 65.4 cm³/mol. The molecule has 2 heterocycles. The summed E-state index contributed by atoms with van der Waals surface area (Å²) in [6, 6.07) is 3.41. The number of carbonyl (C=O) groups is 1. The zero-order valence-electron chi connectivity index (χ0n) is 8.42. The van der Waals surface area contributed by atoms with E-state index in [4.69, 9.17) is 0 Å². The number of hydrogen-bond donors (Lipinski definition) is 0. The molecule has 5 nitrogen and oxygen atoms in total. The van der Waals surface area contributed by atoms with E-state index in [1.165, 1.54) is 7.11 Å². The molecular formula is C10H8IN3O2. The summed E-state index contributed by atoms with van der Waals surface area (Å²) in [4.78, 5) is 15.2. The molecule has 0 spiro atoms. The Kier molecular flexibility index (Phi) is 3.18. The molecule has 0 aliphatic rings. The molecule has 2 aromatic rings. The Balaban J connectivity index is 2.39. The second-order valence-electron chi connectivity index (χ2n) is 2.99. The average Bonchev–Trinajstić information content (AvgIpc) is 2.75. The second kappa shape index (κ2) is 4.60. The molecule has 0 saturated carbocycles. The van der Waals surface area contributed by atoms with Crippen LogP contribution in [-0.2, 0) is 4.74 Å². The Morgan fingerprint density at radius 2 is 2.38 bits per heavy atom.